The van der Waals surface area contributed by atoms with Crippen LogP contribution in [0, 0.1) is 0 Å². The molecule has 2 aromatic heterocycles. The molecule has 1 aromatic carbocycles. The van der Waals surface area contributed by atoms with Gasteiger partial charge in [0.1, 0.15) is 12.4 Å². The van der Waals surface area contributed by atoms with Crippen LogP contribution in [0.1, 0.15) is 5.56 Å². The van der Waals surface area contributed by atoms with Gasteiger partial charge in [0.25, 0.3) is 0 Å². The zero-order valence-electron chi connectivity index (χ0n) is 11.3. The van der Waals surface area contributed by atoms with Gasteiger partial charge in [0, 0.05) is 6.20 Å². The molecular weight excluding hydrogens is 290 g/mol. The summed E-state index contributed by atoms with van der Waals surface area (Å²) < 4.78 is 10.9. The molecule has 0 amide bonds. The maximum Gasteiger partial charge on any atom is 0.227 e. The normalized spacial score (nSPS) is 10.6. The Labute approximate surface area is 126 Å². The molecule has 2 heterocycles. The molecule has 3 rings (SSSR count). The van der Waals surface area contributed by atoms with Gasteiger partial charge in [-0.3, -0.25) is 0 Å². The molecule has 0 atom stereocenters. The summed E-state index contributed by atoms with van der Waals surface area (Å²) in [6.45, 7) is 0.376. The molecule has 21 heavy (non-hydrogen) atoms. The Bertz CT molecular complexity index is 762. The van der Waals surface area contributed by atoms with Crippen molar-refractivity contribution in [1.82, 2.24) is 15.0 Å². The molecule has 0 unspecified atom stereocenters. The van der Waals surface area contributed by atoms with Crippen LogP contribution < -0.4 is 9.47 Å². The number of halogens is 1. The van der Waals surface area contributed by atoms with E-state index in [1.807, 2.05) is 30.3 Å². The van der Waals surface area contributed by atoms with Gasteiger partial charge in [0.2, 0.25) is 11.2 Å². The topological polar surface area (TPSA) is 57.1 Å². The molecule has 5 nitrogen and oxygen atoms in total. The van der Waals surface area contributed by atoms with Gasteiger partial charge in [0.15, 0.2) is 5.65 Å². The van der Waals surface area contributed by atoms with Crippen molar-refractivity contribution in [2.75, 3.05) is 7.11 Å². The molecule has 0 N–H and O–H groups in total. The lowest BCUT2D eigenvalue weighted by Crippen LogP contribution is -2.00. The summed E-state index contributed by atoms with van der Waals surface area (Å²) in [5.74, 6) is 1.23. The Morgan fingerprint density at radius 2 is 1.90 bits per heavy atom. The van der Waals surface area contributed by atoms with Crippen LogP contribution in [-0.2, 0) is 6.61 Å². The number of ether oxygens (including phenoxy) is 2. The first-order valence-corrected chi connectivity index (χ1v) is 6.68. The van der Waals surface area contributed by atoms with Gasteiger partial charge in [-0.05, 0) is 41.4 Å². The van der Waals surface area contributed by atoms with E-state index in [0.29, 0.717) is 18.1 Å². The van der Waals surface area contributed by atoms with Gasteiger partial charge >= 0.3 is 0 Å². The van der Waals surface area contributed by atoms with Crippen molar-refractivity contribution < 1.29 is 9.47 Å². The zero-order chi connectivity index (χ0) is 14.7. The molecule has 0 aliphatic carbocycles. The fourth-order valence-electron chi connectivity index (χ4n) is 1.89. The van der Waals surface area contributed by atoms with E-state index in [1.165, 1.54) is 0 Å². The van der Waals surface area contributed by atoms with Crippen molar-refractivity contribution in [3.63, 3.8) is 0 Å². The van der Waals surface area contributed by atoms with Crippen LogP contribution in [0.15, 0.2) is 42.6 Å². The second kappa shape index (κ2) is 5.93. The number of aromatic nitrogens is 3. The minimum atomic E-state index is 0.117. The van der Waals surface area contributed by atoms with E-state index in [9.17, 15) is 0 Å². The first-order chi connectivity index (χ1) is 10.3. The van der Waals surface area contributed by atoms with Crippen molar-refractivity contribution in [2.45, 2.75) is 6.61 Å². The lowest BCUT2D eigenvalue weighted by molar-refractivity contribution is 0.297. The van der Waals surface area contributed by atoms with E-state index in [4.69, 9.17) is 21.1 Å². The number of rotatable bonds is 4. The van der Waals surface area contributed by atoms with Crippen LogP contribution in [0.2, 0.25) is 5.28 Å². The van der Waals surface area contributed by atoms with Crippen molar-refractivity contribution in [2.24, 2.45) is 0 Å². The average molecular weight is 302 g/mol. The molecular formula is C15H12ClN3O2. The van der Waals surface area contributed by atoms with Gasteiger partial charge in [-0.25, -0.2) is 4.98 Å². The van der Waals surface area contributed by atoms with Crippen LogP contribution in [0.4, 0.5) is 0 Å². The number of hydrogen-bond donors (Lipinski definition) is 0. The Morgan fingerprint density at radius 3 is 2.67 bits per heavy atom. The van der Waals surface area contributed by atoms with Crippen LogP contribution in [0.25, 0.3) is 11.0 Å². The van der Waals surface area contributed by atoms with Gasteiger partial charge in [-0.1, -0.05) is 12.1 Å². The number of fused-ring (bicyclic) bond motifs is 1. The summed E-state index contributed by atoms with van der Waals surface area (Å²) in [6, 6.07) is 11.3. The Balaban J connectivity index is 1.84. The van der Waals surface area contributed by atoms with E-state index in [2.05, 4.69) is 15.0 Å². The van der Waals surface area contributed by atoms with E-state index in [1.54, 1.807) is 19.4 Å². The van der Waals surface area contributed by atoms with Crippen molar-refractivity contribution in [3.05, 3.63) is 53.4 Å². The number of pyridine rings is 1. The number of benzene rings is 1. The van der Waals surface area contributed by atoms with Crippen molar-refractivity contribution in [3.8, 4) is 11.6 Å². The quantitative estimate of drug-likeness (QED) is 0.692. The first kappa shape index (κ1) is 13.6. The highest BCUT2D eigenvalue weighted by atomic mass is 35.5. The third-order valence-corrected chi connectivity index (χ3v) is 3.11. The highest BCUT2D eigenvalue weighted by Crippen LogP contribution is 2.23. The number of methoxy groups -OCH3 is 1. The SMILES string of the molecule is COc1ccc(COc2nc(Cl)nc3ncccc23)cc1. The number of hydrogen-bond acceptors (Lipinski definition) is 5. The molecule has 0 aliphatic heterocycles. The Kier molecular flexibility index (Phi) is 3.83. The van der Waals surface area contributed by atoms with Crippen LogP contribution in [0.3, 0.4) is 0 Å². The van der Waals surface area contributed by atoms with Crippen molar-refractivity contribution >= 4 is 22.6 Å². The lowest BCUT2D eigenvalue weighted by Gasteiger charge is -2.08. The third-order valence-electron chi connectivity index (χ3n) is 2.94. The number of nitrogens with zero attached hydrogens (tertiary/aromatic N) is 3. The second-order valence-corrected chi connectivity index (χ2v) is 4.65. The monoisotopic (exact) mass is 301 g/mol. The molecule has 0 aliphatic rings. The highest BCUT2D eigenvalue weighted by Gasteiger charge is 2.08. The summed E-state index contributed by atoms with van der Waals surface area (Å²) in [4.78, 5) is 12.3. The standard InChI is InChI=1S/C15H12ClN3O2/c1-20-11-6-4-10(5-7-11)9-21-14-12-3-2-8-17-13(12)18-15(16)19-14/h2-8H,9H2,1H3. The molecule has 6 heteroatoms. The fourth-order valence-corrected chi connectivity index (χ4v) is 2.05. The maximum absolute atomic E-state index is 5.89. The second-order valence-electron chi connectivity index (χ2n) is 4.31. The molecule has 0 saturated heterocycles. The molecule has 0 bridgehead atoms. The third kappa shape index (κ3) is 3.03. The van der Waals surface area contributed by atoms with E-state index < -0.39 is 0 Å². The molecule has 0 spiro atoms. The summed E-state index contributed by atoms with van der Waals surface area (Å²) >= 11 is 5.89. The first-order valence-electron chi connectivity index (χ1n) is 6.30. The molecule has 106 valence electrons. The van der Waals surface area contributed by atoms with E-state index >= 15 is 0 Å². The predicted molar refractivity (Wildman–Crippen MR) is 79.7 cm³/mol. The van der Waals surface area contributed by atoms with Crippen LogP contribution in [0.5, 0.6) is 11.6 Å². The van der Waals surface area contributed by atoms with Gasteiger partial charge in [0.05, 0.1) is 12.5 Å². The summed E-state index contributed by atoms with van der Waals surface area (Å²) in [7, 11) is 1.63. The Hall–Kier alpha value is -2.40. The Morgan fingerprint density at radius 1 is 1.10 bits per heavy atom. The predicted octanol–water partition coefficient (Wildman–Crippen LogP) is 3.27. The minimum Gasteiger partial charge on any atom is -0.497 e. The maximum atomic E-state index is 5.89. The molecule has 0 saturated carbocycles. The summed E-state index contributed by atoms with van der Waals surface area (Å²) in [5, 5.41) is 0.848. The van der Waals surface area contributed by atoms with Gasteiger partial charge < -0.3 is 9.47 Å². The molecule has 0 fully saturated rings. The minimum absolute atomic E-state index is 0.117. The van der Waals surface area contributed by atoms with Crippen LogP contribution in [-0.4, -0.2) is 22.1 Å². The highest BCUT2D eigenvalue weighted by molar-refractivity contribution is 6.28. The fraction of sp³-hybridized carbons (Fsp3) is 0.133. The van der Waals surface area contributed by atoms with E-state index in [-0.39, 0.29) is 5.28 Å². The van der Waals surface area contributed by atoms with Gasteiger partial charge in [-0.15, -0.1) is 0 Å². The summed E-state index contributed by atoms with van der Waals surface area (Å²) in [6.07, 6.45) is 1.65. The zero-order valence-corrected chi connectivity index (χ0v) is 12.0. The van der Waals surface area contributed by atoms with Gasteiger partial charge in [-0.2, -0.15) is 9.97 Å². The average Bonchev–Trinajstić information content (AvgIpc) is 2.53. The summed E-state index contributed by atoms with van der Waals surface area (Å²) in [5.41, 5.74) is 1.52. The van der Waals surface area contributed by atoms with Crippen molar-refractivity contribution in [1.29, 1.82) is 0 Å². The lowest BCUT2D eigenvalue weighted by atomic mass is 10.2. The molecule has 0 radical (unpaired) electrons. The van der Waals surface area contributed by atoms with Crippen LogP contribution >= 0.6 is 11.6 Å². The molecule has 3 aromatic rings. The largest absolute Gasteiger partial charge is 0.497 e. The van der Waals surface area contributed by atoms with E-state index in [0.717, 1.165) is 16.7 Å². The smallest absolute Gasteiger partial charge is 0.227 e.